The lowest BCUT2D eigenvalue weighted by Gasteiger charge is -2.16. The summed E-state index contributed by atoms with van der Waals surface area (Å²) in [5.74, 6) is 1.84. The third-order valence-corrected chi connectivity index (χ3v) is 3.33. The van der Waals surface area contributed by atoms with Gasteiger partial charge >= 0.3 is 0 Å². The summed E-state index contributed by atoms with van der Waals surface area (Å²) >= 11 is 0. The highest BCUT2D eigenvalue weighted by molar-refractivity contribution is 5.56. The summed E-state index contributed by atoms with van der Waals surface area (Å²) in [4.78, 5) is 0. The van der Waals surface area contributed by atoms with E-state index in [4.69, 9.17) is 14.2 Å². The molecule has 4 nitrogen and oxygen atoms in total. The van der Waals surface area contributed by atoms with Gasteiger partial charge in [-0.05, 0) is 18.2 Å². The molecule has 0 saturated carbocycles. The number of benzene rings is 2. The average Bonchev–Trinajstić information content (AvgIpc) is 2.78. The van der Waals surface area contributed by atoms with Crippen LogP contribution in [-0.4, -0.2) is 12.9 Å². The molecule has 1 N–H and O–H groups in total. The molecular weight excluding hydrogens is 266 g/mol. The predicted octanol–water partition coefficient (Wildman–Crippen LogP) is 3.81. The van der Waals surface area contributed by atoms with Gasteiger partial charge in [-0.1, -0.05) is 18.2 Å². The number of hydrogen-bond acceptors (Lipinski definition) is 4. The van der Waals surface area contributed by atoms with Gasteiger partial charge in [-0.15, -0.1) is 0 Å². The van der Waals surface area contributed by atoms with Crippen LogP contribution in [0, 0.1) is 0 Å². The van der Waals surface area contributed by atoms with Crippen molar-refractivity contribution in [2.75, 3.05) is 12.4 Å². The van der Waals surface area contributed by atoms with Crippen molar-refractivity contribution in [1.29, 1.82) is 0 Å². The lowest BCUT2D eigenvalue weighted by Crippen LogP contribution is -2.29. The number of ether oxygens (including phenoxy) is 3. The van der Waals surface area contributed by atoms with Gasteiger partial charge in [0.2, 0.25) is 5.79 Å². The molecule has 110 valence electrons. The molecule has 0 unspecified atom stereocenters. The van der Waals surface area contributed by atoms with Crippen molar-refractivity contribution in [3.05, 3.63) is 48.0 Å². The lowest BCUT2D eigenvalue weighted by molar-refractivity contribution is -0.0431. The Hall–Kier alpha value is -2.36. The van der Waals surface area contributed by atoms with E-state index in [1.807, 2.05) is 56.3 Å². The Kier molecular flexibility index (Phi) is 3.37. The number of para-hydroxylation sites is 1. The molecule has 4 heteroatoms. The molecule has 0 aromatic heterocycles. The second-order valence-corrected chi connectivity index (χ2v) is 5.43. The Labute approximate surface area is 124 Å². The third kappa shape index (κ3) is 2.89. The van der Waals surface area contributed by atoms with Crippen molar-refractivity contribution in [2.24, 2.45) is 0 Å². The quantitative estimate of drug-likeness (QED) is 0.927. The van der Waals surface area contributed by atoms with Gasteiger partial charge in [0.15, 0.2) is 11.5 Å². The molecule has 2 aromatic rings. The number of fused-ring (bicyclic) bond motifs is 1. The summed E-state index contributed by atoms with van der Waals surface area (Å²) in [6.45, 7) is 4.48. The van der Waals surface area contributed by atoms with Gasteiger partial charge < -0.3 is 19.5 Å². The van der Waals surface area contributed by atoms with Gasteiger partial charge in [-0.3, -0.25) is 0 Å². The molecule has 0 spiro atoms. The first kappa shape index (κ1) is 13.6. The Morgan fingerprint density at radius 2 is 1.81 bits per heavy atom. The molecule has 0 aliphatic carbocycles. The molecule has 0 saturated heterocycles. The standard InChI is InChI=1S/C17H19NO3/c1-17(2)20-15-9-8-13(10-16(15)21-17)18-11-12-6-4-5-7-14(12)19-3/h4-10,18H,11H2,1-3H3. The first-order chi connectivity index (χ1) is 10.1. The summed E-state index contributed by atoms with van der Waals surface area (Å²) in [7, 11) is 1.68. The summed E-state index contributed by atoms with van der Waals surface area (Å²) < 4.78 is 16.8. The highest BCUT2D eigenvalue weighted by atomic mass is 16.7. The summed E-state index contributed by atoms with van der Waals surface area (Å²) in [5, 5.41) is 3.38. The van der Waals surface area contributed by atoms with Crippen LogP contribution in [0.15, 0.2) is 42.5 Å². The first-order valence-electron chi connectivity index (χ1n) is 6.95. The lowest BCUT2D eigenvalue weighted by atomic mass is 10.2. The molecule has 3 rings (SSSR count). The average molecular weight is 285 g/mol. The smallest absolute Gasteiger partial charge is 0.246 e. The van der Waals surface area contributed by atoms with E-state index < -0.39 is 5.79 Å². The van der Waals surface area contributed by atoms with Crippen LogP contribution < -0.4 is 19.5 Å². The molecule has 21 heavy (non-hydrogen) atoms. The zero-order valence-corrected chi connectivity index (χ0v) is 12.5. The van der Waals surface area contributed by atoms with E-state index in [1.54, 1.807) is 7.11 Å². The minimum absolute atomic E-state index is 0.594. The van der Waals surface area contributed by atoms with E-state index in [2.05, 4.69) is 5.32 Å². The molecule has 0 radical (unpaired) electrons. The number of nitrogens with one attached hydrogen (secondary N) is 1. The molecule has 1 heterocycles. The zero-order valence-electron chi connectivity index (χ0n) is 12.5. The van der Waals surface area contributed by atoms with Crippen molar-refractivity contribution in [3.8, 4) is 17.2 Å². The van der Waals surface area contributed by atoms with E-state index in [0.29, 0.717) is 6.54 Å². The van der Waals surface area contributed by atoms with Crippen LogP contribution in [-0.2, 0) is 6.54 Å². The van der Waals surface area contributed by atoms with Crippen LogP contribution in [0.4, 0.5) is 5.69 Å². The molecule has 0 bridgehead atoms. The molecule has 0 atom stereocenters. The fourth-order valence-electron chi connectivity index (χ4n) is 2.38. The number of anilines is 1. The Bertz CT molecular complexity index is 652. The summed E-state index contributed by atoms with van der Waals surface area (Å²) in [5.41, 5.74) is 2.10. The van der Waals surface area contributed by atoms with Crippen LogP contribution in [0.2, 0.25) is 0 Å². The molecule has 0 fully saturated rings. The number of methoxy groups -OCH3 is 1. The van der Waals surface area contributed by atoms with E-state index >= 15 is 0 Å². The topological polar surface area (TPSA) is 39.7 Å². The summed E-state index contributed by atoms with van der Waals surface area (Å²) in [6.07, 6.45) is 0. The van der Waals surface area contributed by atoms with E-state index in [1.165, 1.54) is 0 Å². The van der Waals surface area contributed by atoms with Crippen molar-refractivity contribution in [2.45, 2.75) is 26.2 Å². The molecule has 1 aliphatic heterocycles. The third-order valence-electron chi connectivity index (χ3n) is 3.33. The first-order valence-corrected chi connectivity index (χ1v) is 6.95. The summed E-state index contributed by atoms with van der Waals surface area (Å²) in [6, 6.07) is 13.8. The largest absolute Gasteiger partial charge is 0.496 e. The second kappa shape index (κ2) is 5.20. The Morgan fingerprint density at radius 3 is 2.62 bits per heavy atom. The van der Waals surface area contributed by atoms with Crippen LogP contribution in [0.5, 0.6) is 17.2 Å². The number of hydrogen-bond donors (Lipinski definition) is 1. The normalized spacial score (nSPS) is 14.8. The van der Waals surface area contributed by atoms with E-state index in [9.17, 15) is 0 Å². The van der Waals surface area contributed by atoms with Gasteiger partial charge in [-0.25, -0.2) is 0 Å². The van der Waals surface area contributed by atoms with Gasteiger partial charge in [0.05, 0.1) is 7.11 Å². The highest BCUT2D eigenvalue weighted by Gasteiger charge is 2.31. The van der Waals surface area contributed by atoms with Gasteiger partial charge in [-0.2, -0.15) is 0 Å². The van der Waals surface area contributed by atoms with Crippen LogP contribution in [0.1, 0.15) is 19.4 Å². The fraction of sp³-hybridized carbons (Fsp3) is 0.294. The fourth-order valence-corrected chi connectivity index (χ4v) is 2.38. The van der Waals surface area contributed by atoms with Crippen molar-refractivity contribution in [3.63, 3.8) is 0 Å². The predicted molar refractivity (Wildman–Crippen MR) is 82.1 cm³/mol. The highest BCUT2D eigenvalue weighted by Crippen LogP contribution is 2.40. The van der Waals surface area contributed by atoms with Crippen molar-refractivity contribution in [1.82, 2.24) is 0 Å². The van der Waals surface area contributed by atoms with Crippen LogP contribution >= 0.6 is 0 Å². The molecular formula is C17H19NO3. The molecule has 0 amide bonds. The Balaban J connectivity index is 1.72. The SMILES string of the molecule is COc1ccccc1CNc1ccc2c(c1)OC(C)(C)O2. The maximum absolute atomic E-state index is 5.74. The number of rotatable bonds is 4. The van der Waals surface area contributed by atoms with Crippen LogP contribution in [0.25, 0.3) is 0 Å². The van der Waals surface area contributed by atoms with Gasteiger partial charge in [0, 0.05) is 37.7 Å². The Morgan fingerprint density at radius 1 is 1.05 bits per heavy atom. The maximum Gasteiger partial charge on any atom is 0.246 e. The second-order valence-electron chi connectivity index (χ2n) is 5.43. The van der Waals surface area contributed by atoms with E-state index in [0.717, 1.165) is 28.5 Å². The van der Waals surface area contributed by atoms with Crippen LogP contribution in [0.3, 0.4) is 0 Å². The maximum atomic E-state index is 5.74. The van der Waals surface area contributed by atoms with Gasteiger partial charge in [0.1, 0.15) is 5.75 Å². The minimum Gasteiger partial charge on any atom is -0.496 e. The van der Waals surface area contributed by atoms with Gasteiger partial charge in [0.25, 0.3) is 0 Å². The molecule has 1 aliphatic rings. The minimum atomic E-state index is -0.594. The van der Waals surface area contributed by atoms with E-state index in [-0.39, 0.29) is 0 Å². The molecule has 2 aromatic carbocycles. The van der Waals surface area contributed by atoms with Crippen molar-refractivity contribution >= 4 is 5.69 Å². The zero-order chi connectivity index (χ0) is 14.9. The van der Waals surface area contributed by atoms with Crippen molar-refractivity contribution < 1.29 is 14.2 Å². The monoisotopic (exact) mass is 285 g/mol.